The third-order valence-corrected chi connectivity index (χ3v) is 4.68. The summed E-state index contributed by atoms with van der Waals surface area (Å²) in [6.07, 6.45) is 3.13. The van der Waals surface area contributed by atoms with Gasteiger partial charge in [0.1, 0.15) is 5.75 Å². The van der Waals surface area contributed by atoms with E-state index in [2.05, 4.69) is 56.4 Å². The Bertz CT molecular complexity index is 714. The Kier molecular flexibility index (Phi) is 7.90. The molecule has 0 atom stereocenters. The summed E-state index contributed by atoms with van der Waals surface area (Å²) in [4.78, 5) is 12.1. The molecule has 0 aliphatic rings. The smallest absolute Gasteiger partial charge is 0.220 e. The molecule has 0 bridgehead atoms. The molecule has 0 aliphatic carbocycles. The van der Waals surface area contributed by atoms with Crippen LogP contribution in [-0.2, 0) is 23.1 Å². The molecule has 0 saturated carbocycles. The zero-order valence-corrected chi connectivity index (χ0v) is 17.2. The molecule has 0 aromatic heterocycles. The van der Waals surface area contributed by atoms with Crippen molar-refractivity contribution in [3.63, 3.8) is 0 Å². The summed E-state index contributed by atoms with van der Waals surface area (Å²) in [6, 6.07) is 16.7. The van der Waals surface area contributed by atoms with Crippen molar-refractivity contribution in [2.24, 2.45) is 0 Å². The highest BCUT2D eigenvalue weighted by Gasteiger charge is 2.13. The van der Waals surface area contributed by atoms with Gasteiger partial charge in [0.2, 0.25) is 5.91 Å². The molecule has 0 saturated heterocycles. The van der Waals surface area contributed by atoms with Crippen molar-refractivity contribution in [2.75, 3.05) is 13.2 Å². The van der Waals surface area contributed by atoms with Gasteiger partial charge in [-0.2, -0.15) is 0 Å². The minimum absolute atomic E-state index is 0.119. The molecule has 0 unspecified atom stereocenters. The Morgan fingerprint density at radius 3 is 2.37 bits per heavy atom. The zero-order valence-electron chi connectivity index (χ0n) is 17.2. The first-order chi connectivity index (χ1) is 12.9. The summed E-state index contributed by atoms with van der Waals surface area (Å²) in [6.45, 7) is 9.99. The van der Waals surface area contributed by atoms with Gasteiger partial charge in [0.15, 0.2) is 0 Å². The lowest BCUT2D eigenvalue weighted by Crippen LogP contribution is -2.25. The fourth-order valence-electron chi connectivity index (χ4n) is 3.03. The number of amides is 1. The SMILES string of the molecule is CCOc1ccccc1CCCNC(=O)CCc1ccc(C(C)(C)C)cc1. The van der Waals surface area contributed by atoms with Crippen LogP contribution in [0.2, 0.25) is 0 Å². The van der Waals surface area contributed by atoms with Gasteiger partial charge in [-0.3, -0.25) is 4.79 Å². The normalized spacial score (nSPS) is 11.3. The van der Waals surface area contributed by atoms with Crippen molar-refractivity contribution >= 4 is 5.91 Å². The number of ether oxygens (including phenoxy) is 1. The molecule has 0 aliphatic heterocycles. The second kappa shape index (κ2) is 10.1. The predicted molar refractivity (Wildman–Crippen MR) is 112 cm³/mol. The molecular formula is C24H33NO2. The molecule has 2 aromatic rings. The Balaban J connectivity index is 1.69. The summed E-state index contributed by atoms with van der Waals surface area (Å²) in [5, 5.41) is 3.03. The fourth-order valence-corrected chi connectivity index (χ4v) is 3.03. The van der Waals surface area contributed by atoms with Gasteiger partial charge in [0, 0.05) is 13.0 Å². The summed E-state index contributed by atoms with van der Waals surface area (Å²) >= 11 is 0. The monoisotopic (exact) mass is 367 g/mol. The van der Waals surface area contributed by atoms with Gasteiger partial charge < -0.3 is 10.1 Å². The van der Waals surface area contributed by atoms with Crippen LogP contribution in [0.4, 0.5) is 0 Å². The van der Waals surface area contributed by atoms with Crippen LogP contribution >= 0.6 is 0 Å². The minimum atomic E-state index is 0.119. The number of benzene rings is 2. The van der Waals surface area contributed by atoms with E-state index in [1.807, 2.05) is 25.1 Å². The number of hydrogen-bond acceptors (Lipinski definition) is 2. The summed E-state index contributed by atoms with van der Waals surface area (Å²) in [5.41, 5.74) is 3.90. The van der Waals surface area contributed by atoms with Crippen molar-refractivity contribution in [1.29, 1.82) is 0 Å². The number of nitrogens with one attached hydrogen (secondary N) is 1. The molecule has 146 valence electrons. The van der Waals surface area contributed by atoms with Crippen molar-refractivity contribution < 1.29 is 9.53 Å². The lowest BCUT2D eigenvalue weighted by Gasteiger charge is -2.19. The van der Waals surface area contributed by atoms with Crippen molar-refractivity contribution in [1.82, 2.24) is 5.32 Å². The largest absolute Gasteiger partial charge is 0.494 e. The van der Waals surface area contributed by atoms with Gasteiger partial charge in [-0.15, -0.1) is 0 Å². The maximum Gasteiger partial charge on any atom is 0.220 e. The van der Waals surface area contributed by atoms with Gasteiger partial charge in [-0.25, -0.2) is 0 Å². The van der Waals surface area contributed by atoms with E-state index in [0.29, 0.717) is 19.6 Å². The molecule has 0 fully saturated rings. The first-order valence-electron chi connectivity index (χ1n) is 9.97. The molecule has 0 heterocycles. The second-order valence-corrected chi connectivity index (χ2v) is 7.94. The average molecular weight is 368 g/mol. The fraction of sp³-hybridized carbons (Fsp3) is 0.458. The van der Waals surface area contributed by atoms with Crippen molar-refractivity contribution in [3.8, 4) is 5.75 Å². The number of rotatable bonds is 9. The number of hydrogen-bond donors (Lipinski definition) is 1. The Morgan fingerprint density at radius 1 is 1.00 bits per heavy atom. The van der Waals surface area contributed by atoms with Crippen molar-refractivity contribution in [2.45, 2.75) is 58.8 Å². The standard InChI is InChI=1S/C24H33NO2/c1-5-27-22-11-7-6-9-20(22)10-8-18-25-23(26)17-14-19-12-15-21(16-13-19)24(2,3)4/h6-7,9,11-13,15-16H,5,8,10,14,17-18H2,1-4H3,(H,25,26). The first kappa shape index (κ1) is 21.0. The van der Waals surface area contributed by atoms with E-state index in [4.69, 9.17) is 4.74 Å². The summed E-state index contributed by atoms with van der Waals surface area (Å²) in [5.74, 6) is 1.07. The van der Waals surface area contributed by atoms with E-state index in [1.165, 1.54) is 16.7 Å². The van der Waals surface area contributed by atoms with Crippen LogP contribution < -0.4 is 10.1 Å². The molecule has 1 N–H and O–H groups in total. The molecule has 3 nitrogen and oxygen atoms in total. The lowest BCUT2D eigenvalue weighted by atomic mass is 9.86. The van der Waals surface area contributed by atoms with Crippen LogP contribution in [-0.4, -0.2) is 19.1 Å². The van der Waals surface area contributed by atoms with Crippen LogP contribution in [0.15, 0.2) is 48.5 Å². The highest BCUT2D eigenvalue weighted by atomic mass is 16.5. The van der Waals surface area contributed by atoms with Crippen LogP contribution in [0.3, 0.4) is 0 Å². The quantitative estimate of drug-likeness (QED) is 0.629. The third-order valence-electron chi connectivity index (χ3n) is 4.68. The Hall–Kier alpha value is -2.29. The Labute approximate surface area is 164 Å². The number of carbonyl (C=O) groups excluding carboxylic acids is 1. The zero-order chi connectivity index (χ0) is 19.7. The number of carbonyl (C=O) groups is 1. The predicted octanol–water partition coefficient (Wildman–Crippen LogP) is 5.06. The van der Waals surface area contributed by atoms with E-state index in [0.717, 1.165) is 25.0 Å². The molecule has 0 radical (unpaired) electrons. The molecule has 2 aromatic carbocycles. The lowest BCUT2D eigenvalue weighted by molar-refractivity contribution is -0.121. The van der Waals surface area contributed by atoms with Crippen molar-refractivity contribution in [3.05, 3.63) is 65.2 Å². The number of aryl methyl sites for hydroxylation is 2. The molecule has 1 amide bonds. The van der Waals surface area contributed by atoms with E-state index >= 15 is 0 Å². The van der Waals surface area contributed by atoms with Gasteiger partial charge in [-0.1, -0.05) is 63.2 Å². The van der Waals surface area contributed by atoms with E-state index in [-0.39, 0.29) is 11.3 Å². The van der Waals surface area contributed by atoms with E-state index < -0.39 is 0 Å². The number of para-hydroxylation sites is 1. The first-order valence-corrected chi connectivity index (χ1v) is 9.97. The van der Waals surface area contributed by atoms with Crippen LogP contribution in [0.1, 0.15) is 57.2 Å². The summed E-state index contributed by atoms with van der Waals surface area (Å²) in [7, 11) is 0. The van der Waals surface area contributed by atoms with Gasteiger partial charge >= 0.3 is 0 Å². The molecule has 2 rings (SSSR count). The van der Waals surface area contributed by atoms with E-state index in [1.54, 1.807) is 0 Å². The highest BCUT2D eigenvalue weighted by Crippen LogP contribution is 2.22. The van der Waals surface area contributed by atoms with Crippen LogP contribution in [0, 0.1) is 0 Å². The second-order valence-electron chi connectivity index (χ2n) is 7.94. The highest BCUT2D eigenvalue weighted by molar-refractivity contribution is 5.76. The average Bonchev–Trinajstić information content (AvgIpc) is 2.64. The molecule has 3 heteroatoms. The maximum atomic E-state index is 12.1. The maximum absolute atomic E-state index is 12.1. The van der Waals surface area contributed by atoms with E-state index in [9.17, 15) is 4.79 Å². The van der Waals surface area contributed by atoms with Crippen LogP contribution in [0.25, 0.3) is 0 Å². The van der Waals surface area contributed by atoms with Gasteiger partial charge in [0.25, 0.3) is 0 Å². The molecular weight excluding hydrogens is 334 g/mol. The minimum Gasteiger partial charge on any atom is -0.494 e. The third kappa shape index (κ3) is 7.09. The van der Waals surface area contributed by atoms with Gasteiger partial charge in [0.05, 0.1) is 6.61 Å². The summed E-state index contributed by atoms with van der Waals surface area (Å²) < 4.78 is 5.64. The molecule has 0 spiro atoms. The van der Waals surface area contributed by atoms with Gasteiger partial charge in [-0.05, 0) is 54.4 Å². The van der Waals surface area contributed by atoms with Crippen LogP contribution in [0.5, 0.6) is 5.75 Å². The Morgan fingerprint density at radius 2 is 1.70 bits per heavy atom. The topological polar surface area (TPSA) is 38.3 Å². The molecule has 27 heavy (non-hydrogen) atoms.